The Labute approximate surface area is 116 Å². The summed E-state index contributed by atoms with van der Waals surface area (Å²) in [5.74, 6) is 2.36. The molecule has 1 rings (SSSR count). The van der Waals surface area contributed by atoms with Crippen LogP contribution in [-0.4, -0.2) is 25.2 Å². The molecular weight excluding hydrogens is 254 g/mol. The number of carbonyl (C=O) groups is 1. The van der Waals surface area contributed by atoms with Crippen LogP contribution < -0.4 is 5.32 Å². The molecule has 102 valence electrons. The van der Waals surface area contributed by atoms with Crippen molar-refractivity contribution in [3.05, 3.63) is 35.4 Å². The van der Waals surface area contributed by atoms with E-state index >= 15 is 0 Å². The minimum absolute atomic E-state index is 0.536. The van der Waals surface area contributed by atoms with Gasteiger partial charge in [0.1, 0.15) is 14.1 Å². The average molecular weight is 275 g/mol. The molecule has 0 bridgehead atoms. The number of carboxylic acids is 1. The quantitative estimate of drug-likeness (QED) is 0.655. The Balaban J connectivity index is 2.61. The molecule has 4 heteroatoms. The fourth-order valence-corrected chi connectivity index (χ4v) is 1.84. The highest BCUT2D eigenvalue weighted by molar-refractivity contribution is 6.83. The van der Waals surface area contributed by atoms with Crippen LogP contribution >= 0.6 is 0 Å². The molecule has 1 atom stereocenters. The third-order valence-corrected chi connectivity index (χ3v) is 3.39. The summed E-state index contributed by atoms with van der Waals surface area (Å²) in [4.78, 5) is 10.7. The molecular formula is C15H21NO2Si. The lowest BCUT2D eigenvalue weighted by atomic mass is 10.1. The number of aliphatic carboxylic acids is 1. The van der Waals surface area contributed by atoms with Crippen LogP contribution in [0.4, 0.5) is 0 Å². The van der Waals surface area contributed by atoms with E-state index < -0.39 is 20.1 Å². The molecule has 0 aliphatic rings. The Bertz CT molecular complexity index is 492. The first-order chi connectivity index (χ1) is 8.78. The normalized spacial score (nSPS) is 12.4. The molecule has 0 fully saturated rings. The molecule has 3 nitrogen and oxygen atoms in total. The van der Waals surface area contributed by atoms with Crippen molar-refractivity contribution in [2.45, 2.75) is 39.2 Å². The number of benzene rings is 1. The molecule has 0 heterocycles. The standard InChI is InChI=1S/C15H21NO2Si/c1-12(15(17)18)16-11-14-7-5-13(6-8-14)9-10-19(2,3)4/h5-8,12,16H,11H2,1-4H3,(H,17,18). The summed E-state index contributed by atoms with van der Waals surface area (Å²) in [7, 11) is -1.34. The van der Waals surface area contributed by atoms with Crippen LogP contribution in [0.1, 0.15) is 18.1 Å². The number of hydrogen-bond donors (Lipinski definition) is 2. The maximum Gasteiger partial charge on any atom is 0.320 e. The summed E-state index contributed by atoms with van der Waals surface area (Å²) >= 11 is 0. The maximum absolute atomic E-state index is 10.7. The predicted octanol–water partition coefficient (Wildman–Crippen LogP) is 2.48. The lowest BCUT2D eigenvalue weighted by Crippen LogP contribution is -2.33. The molecule has 0 aliphatic carbocycles. The monoisotopic (exact) mass is 275 g/mol. The first kappa shape index (κ1) is 15.5. The van der Waals surface area contributed by atoms with E-state index in [1.165, 1.54) is 0 Å². The summed E-state index contributed by atoms with van der Waals surface area (Å²) in [6.07, 6.45) is 0. The van der Waals surface area contributed by atoms with Crippen molar-refractivity contribution < 1.29 is 9.90 Å². The van der Waals surface area contributed by atoms with E-state index in [0.717, 1.165) is 11.1 Å². The van der Waals surface area contributed by atoms with Gasteiger partial charge in [-0.2, -0.15) is 0 Å². The van der Waals surface area contributed by atoms with Crippen LogP contribution in [0.15, 0.2) is 24.3 Å². The highest BCUT2D eigenvalue weighted by Gasteiger charge is 2.09. The van der Waals surface area contributed by atoms with E-state index in [2.05, 4.69) is 36.4 Å². The van der Waals surface area contributed by atoms with Gasteiger partial charge in [-0.3, -0.25) is 4.79 Å². The fraction of sp³-hybridized carbons (Fsp3) is 0.400. The molecule has 0 aliphatic heterocycles. The van der Waals surface area contributed by atoms with Gasteiger partial charge in [-0.15, -0.1) is 5.54 Å². The van der Waals surface area contributed by atoms with Crippen LogP contribution in [0.25, 0.3) is 0 Å². The predicted molar refractivity (Wildman–Crippen MR) is 80.6 cm³/mol. The molecule has 0 saturated heterocycles. The zero-order chi connectivity index (χ0) is 14.5. The van der Waals surface area contributed by atoms with E-state index in [1.807, 2.05) is 24.3 Å². The first-order valence-corrected chi connectivity index (χ1v) is 9.86. The van der Waals surface area contributed by atoms with E-state index in [4.69, 9.17) is 5.11 Å². The summed E-state index contributed by atoms with van der Waals surface area (Å²) in [5.41, 5.74) is 5.39. The van der Waals surface area contributed by atoms with Crippen molar-refractivity contribution in [3.63, 3.8) is 0 Å². The minimum atomic E-state index is -1.34. The molecule has 1 unspecified atom stereocenters. The van der Waals surface area contributed by atoms with Crippen molar-refractivity contribution >= 4 is 14.0 Å². The van der Waals surface area contributed by atoms with Gasteiger partial charge in [0.25, 0.3) is 0 Å². The highest BCUT2D eigenvalue weighted by Crippen LogP contribution is 2.05. The minimum Gasteiger partial charge on any atom is -0.480 e. The lowest BCUT2D eigenvalue weighted by Gasteiger charge is -2.09. The second kappa shape index (κ2) is 6.55. The Morgan fingerprint density at radius 3 is 2.37 bits per heavy atom. The van der Waals surface area contributed by atoms with Gasteiger partial charge in [-0.25, -0.2) is 0 Å². The van der Waals surface area contributed by atoms with Gasteiger partial charge in [0, 0.05) is 12.1 Å². The van der Waals surface area contributed by atoms with Crippen LogP contribution in [0, 0.1) is 11.5 Å². The third kappa shape index (κ3) is 6.23. The van der Waals surface area contributed by atoms with Crippen LogP contribution in [0.5, 0.6) is 0 Å². The van der Waals surface area contributed by atoms with Gasteiger partial charge in [-0.1, -0.05) is 37.7 Å². The SMILES string of the molecule is CC(NCc1ccc(C#C[Si](C)(C)C)cc1)C(=O)O. The second-order valence-electron chi connectivity index (χ2n) is 5.64. The maximum atomic E-state index is 10.7. The van der Waals surface area contributed by atoms with Gasteiger partial charge in [0.2, 0.25) is 0 Å². The average Bonchev–Trinajstić information content (AvgIpc) is 2.33. The Kier molecular flexibility index (Phi) is 5.34. The second-order valence-corrected chi connectivity index (χ2v) is 10.4. The number of carboxylic acid groups (broad SMARTS) is 1. The van der Waals surface area contributed by atoms with E-state index in [1.54, 1.807) is 6.92 Å². The molecule has 0 radical (unpaired) electrons. The molecule has 1 aromatic rings. The van der Waals surface area contributed by atoms with E-state index in [9.17, 15) is 4.79 Å². The van der Waals surface area contributed by atoms with Gasteiger partial charge in [0.15, 0.2) is 0 Å². The summed E-state index contributed by atoms with van der Waals surface area (Å²) in [6, 6.07) is 7.39. The zero-order valence-electron chi connectivity index (χ0n) is 11.9. The molecule has 0 amide bonds. The topological polar surface area (TPSA) is 49.3 Å². The Morgan fingerprint density at radius 2 is 1.89 bits per heavy atom. The van der Waals surface area contributed by atoms with Crippen molar-refractivity contribution in [3.8, 4) is 11.5 Å². The number of rotatable bonds is 4. The van der Waals surface area contributed by atoms with Crippen LogP contribution in [0.2, 0.25) is 19.6 Å². The lowest BCUT2D eigenvalue weighted by molar-refractivity contribution is -0.139. The largest absolute Gasteiger partial charge is 0.480 e. The van der Waals surface area contributed by atoms with Gasteiger partial charge in [-0.05, 0) is 24.6 Å². The van der Waals surface area contributed by atoms with E-state index in [0.29, 0.717) is 6.54 Å². The third-order valence-electron chi connectivity index (χ3n) is 2.52. The highest BCUT2D eigenvalue weighted by atomic mass is 28.3. The molecule has 1 aromatic carbocycles. The van der Waals surface area contributed by atoms with Crippen LogP contribution in [0.3, 0.4) is 0 Å². The van der Waals surface area contributed by atoms with Crippen molar-refractivity contribution in [2.75, 3.05) is 0 Å². The first-order valence-electron chi connectivity index (χ1n) is 6.36. The zero-order valence-corrected chi connectivity index (χ0v) is 12.9. The van der Waals surface area contributed by atoms with Crippen molar-refractivity contribution in [1.82, 2.24) is 5.32 Å². The smallest absolute Gasteiger partial charge is 0.320 e. The number of hydrogen-bond acceptors (Lipinski definition) is 2. The summed E-state index contributed by atoms with van der Waals surface area (Å²) in [6.45, 7) is 8.83. The summed E-state index contributed by atoms with van der Waals surface area (Å²) < 4.78 is 0. The Hall–Kier alpha value is -1.57. The van der Waals surface area contributed by atoms with E-state index in [-0.39, 0.29) is 0 Å². The van der Waals surface area contributed by atoms with Crippen molar-refractivity contribution in [2.24, 2.45) is 0 Å². The molecule has 0 aromatic heterocycles. The molecule has 2 N–H and O–H groups in total. The van der Waals surface area contributed by atoms with Crippen LogP contribution in [-0.2, 0) is 11.3 Å². The number of nitrogens with one attached hydrogen (secondary N) is 1. The molecule has 0 spiro atoms. The molecule has 19 heavy (non-hydrogen) atoms. The Morgan fingerprint density at radius 1 is 1.32 bits per heavy atom. The van der Waals surface area contributed by atoms with Gasteiger partial charge < -0.3 is 10.4 Å². The molecule has 0 saturated carbocycles. The van der Waals surface area contributed by atoms with Crippen molar-refractivity contribution in [1.29, 1.82) is 0 Å². The fourth-order valence-electron chi connectivity index (χ4n) is 1.32. The summed E-state index contributed by atoms with van der Waals surface area (Å²) in [5, 5.41) is 11.7. The van der Waals surface area contributed by atoms with Gasteiger partial charge in [0.05, 0.1) is 0 Å². The van der Waals surface area contributed by atoms with Gasteiger partial charge >= 0.3 is 5.97 Å².